The summed E-state index contributed by atoms with van der Waals surface area (Å²) in [7, 11) is 0. The van der Waals surface area contributed by atoms with Crippen molar-refractivity contribution in [2.24, 2.45) is 0 Å². The summed E-state index contributed by atoms with van der Waals surface area (Å²) in [5.41, 5.74) is 1.82. The summed E-state index contributed by atoms with van der Waals surface area (Å²) in [5, 5.41) is 9.21. The van der Waals surface area contributed by atoms with Gasteiger partial charge in [-0.25, -0.2) is 0 Å². The molecule has 2 N–H and O–H groups in total. The zero-order chi connectivity index (χ0) is 13.4. The number of carbonyl (C=O) groups is 2. The van der Waals surface area contributed by atoms with Gasteiger partial charge in [0.25, 0.3) is 0 Å². The first-order valence-electron chi connectivity index (χ1n) is 6.29. The molecule has 0 aromatic carbocycles. The number of carboxylic acids is 1. The zero-order valence-corrected chi connectivity index (χ0v) is 10.3. The van der Waals surface area contributed by atoms with Gasteiger partial charge in [-0.1, -0.05) is 0 Å². The van der Waals surface area contributed by atoms with Crippen LogP contribution in [-0.4, -0.2) is 26.4 Å². The maximum Gasteiger partial charge on any atom is 0.312 e. The molecule has 2 aromatic heterocycles. The number of carbonyl (C=O) groups excluding carboxylic acids is 1. The van der Waals surface area contributed by atoms with Gasteiger partial charge in [-0.2, -0.15) is 0 Å². The van der Waals surface area contributed by atoms with E-state index in [1.165, 1.54) is 0 Å². The largest absolute Gasteiger partial charge is 0.481 e. The first-order chi connectivity index (χ1) is 9.18. The first-order valence-corrected chi connectivity index (χ1v) is 6.29. The van der Waals surface area contributed by atoms with E-state index in [-0.39, 0.29) is 5.78 Å². The predicted molar refractivity (Wildman–Crippen MR) is 68.3 cm³/mol. The van der Waals surface area contributed by atoms with Crippen molar-refractivity contribution in [3.8, 4) is 0 Å². The molecule has 1 unspecified atom stereocenters. The third kappa shape index (κ3) is 1.87. The molecule has 3 rings (SSSR count). The molecule has 1 aliphatic heterocycles. The monoisotopic (exact) mass is 258 g/mol. The lowest BCUT2D eigenvalue weighted by atomic mass is 9.96. The molecule has 0 aliphatic carbocycles. The van der Waals surface area contributed by atoms with Crippen LogP contribution in [0.3, 0.4) is 0 Å². The van der Waals surface area contributed by atoms with Crippen molar-refractivity contribution in [3.63, 3.8) is 0 Å². The molecule has 0 saturated heterocycles. The second kappa shape index (κ2) is 4.42. The fraction of sp³-hybridized carbons (Fsp3) is 0.286. The smallest absolute Gasteiger partial charge is 0.312 e. The lowest BCUT2D eigenvalue weighted by Crippen LogP contribution is -2.23. The summed E-state index contributed by atoms with van der Waals surface area (Å²) < 4.78 is 1.84. The summed E-state index contributed by atoms with van der Waals surface area (Å²) in [6, 6.07) is 6.97. The summed E-state index contributed by atoms with van der Waals surface area (Å²) in [5.74, 6) is -1.42. The Hall–Kier alpha value is -2.30. The Bertz CT molecular complexity index is 625. The Kier molecular flexibility index (Phi) is 2.74. The molecule has 98 valence electrons. The fourth-order valence-corrected chi connectivity index (χ4v) is 2.70. The Morgan fingerprint density at radius 1 is 1.32 bits per heavy atom. The van der Waals surface area contributed by atoms with Crippen molar-refractivity contribution in [1.82, 2.24) is 9.55 Å². The molecular formula is C14H14N2O3. The van der Waals surface area contributed by atoms with Crippen molar-refractivity contribution >= 4 is 11.8 Å². The molecule has 0 fully saturated rings. The zero-order valence-electron chi connectivity index (χ0n) is 10.3. The third-order valence-corrected chi connectivity index (χ3v) is 3.62. The molecule has 0 radical (unpaired) electrons. The van der Waals surface area contributed by atoms with E-state index >= 15 is 0 Å². The van der Waals surface area contributed by atoms with E-state index < -0.39 is 11.9 Å². The van der Waals surface area contributed by atoms with Crippen LogP contribution in [0.2, 0.25) is 0 Å². The van der Waals surface area contributed by atoms with Crippen LogP contribution < -0.4 is 0 Å². The maximum atomic E-state index is 12.3. The minimum Gasteiger partial charge on any atom is -0.481 e. The number of ketones is 1. The standard InChI is InChI=1S/C14H14N2O3/c17-13(10-4-1-7-15-10)12-6-5-11-9(14(18)19)3-2-8-16(11)12/h1,4-7,9,15H,2-3,8H2,(H,18,19). The van der Waals surface area contributed by atoms with E-state index in [4.69, 9.17) is 0 Å². The molecule has 0 amide bonds. The Morgan fingerprint density at radius 3 is 2.84 bits per heavy atom. The summed E-state index contributed by atoms with van der Waals surface area (Å²) in [6.07, 6.45) is 3.12. The first kappa shape index (κ1) is 11.8. The van der Waals surface area contributed by atoms with Crippen molar-refractivity contribution in [1.29, 1.82) is 0 Å². The van der Waals surface area contributed by atoms with E-state index in [0.717, 1.165) is 12.1 Å². The molecule has 2 aromatic rings. The number of aromatic nitrogens is 2. The average molecular weight is 258 g/mol. The number of fused-ring (bicyclic) bond motifs is 1. The third-order valence-electron chi connectivity index (χ3n) is 3.62. The van der Waals surface area contributed by atoms with Gasteiger partial charge in [-0.05, 0) is 37.1 Å². The maximum absolute atomic E-state index is 12.3. The number of hydrogen-bond donors (Lipinski definition) is 2. The van der Waals surface area contributed by atoms with Crippen LogP contribution in [0.5, 0.6) is 0 Å². The van der Waals surface area contributed by atoms with Crippen LogP contribution in [0.15, 0.2) is 30.5 Å². The molecular weight excluding hydrogens is 244 g/mol. The molecule has 0 spiro atoms. The highest BCUT2D eigenvalue weighted by Gasteiger charge is 2.29. The molecule has 1 atom stereocenters. The van der Waals surface area contributed by atoms with Gasteiger partial charge in [0, 0.05) is 18.4 Å². The highest BCUT2D eigenvalue weighted by Crippen LogP contribution is 2.30. The fourth-order valence-electron chi connectivity index (χ4n) is 2.70. The highest BCUT2D eigenvalue weighted by molar-refractivity contribution is 6.07. The number of nitrogens with one attached hydrogen (secondary N) is 1. The van der Waals surface area contributed by atoms with Crippen molar-refractivity contribution in [2.75, 3.05) is 0 Å². The molecule has 5 nitrogen and oxygen atoms in total. The Labute approximate surface area is 109 Å². The summed E-state index contributed by atoms with van der Waals surface area (Å²) >= 11 is 0. The lowest BCUT2D eigenvalue weighted by Gasteiger charge is -2.23. The average Bonchev–Trinajstić information content (AvgIpc) is 3.06. The Balaban J connectivity index is 2.02. The number of nitrogens with zero attached hydrogens (tertiary/aromatic N) is 1. The van der Waals surface area contributed by atoms with E-state index in [1.54, 1.807) is 30.5 Å². The number of aromatic amines is 1. The minimum absolute atomic E-state index is 0.0951. The second-order valence-corrected chi connectivity index (χ2v) is 4.74. The number of rotatable bonds is 3. The van der Waals surface area contributed by atoms with Gasteiger partial charge in [-0.3, -0.25) is 9.59 Å². The summed E-state index contributed by atoms with van der Waals surface area (Å²) in [4.78, 5) is 26.4. The molecule has 1 aliphatic rings. The SMILES string of the molecule is O=C(c1ccc[nH]1)c1ccc2n1CCCC2C(=O)O. The van der Waals surface area contributed by atoms with Gasteiger partial charge in [0.15, 0.2) is 0 Å². The van der Waals surface area contributed by atoms with E-state index in [0.29, 0.717) is 24.4 Å². The van der Waals surface area contributed by atoms with Crippen LogP contribution in [0.4, 0.5) is 0 Å². The van der Waals surface area contributed by atoms with Gasteiger partial charge < -0.3 is 14.7 Å². The number of hydrogen-bond acceptors (Lipinski definition) is 2. The van der Waals surface area contributed by atoms with Gasteiger partial charge >= 0.3 is 5.97 Å². The normalized spacial score (nSPS) is 18.0. The topological polar surface area (TPSA) is 75.1 Å². The number of aliphatic carboxylic acids is 1. The van der Waals surface area contributed by atoms with Crippen LogP contribution >= 0.6 is 0 Å². The van der Waals surface area contributed by atoms with Crippen LogP contribution in [0, 0.1) is 0 Å². The quantitative estimate of drug-likeness (QED) is 0.827. The van der Waals surface area contributed by atoms with Crippen LogP contribution in [0.1, 0.15) is 40.6 Å². The Morgan fingerprint density at radius 2 is 2.16 bits per heavy atom. The van der Waals surface area contributed by atoms with E-state index in [2.05, 4.69) is 4.98 Å². The van der Waals surface area contributed by atoms with Crippen molar-refractivity contribution in [2.45, 2.75) is 25.3 Å². The minimum atomic E-state index is -0.821. The number of H-pyrrole nitrogens is 1. The van der Waals surface area contributed by atoms with Crippen LogP contribution in [-0.2, 0) is 11.3 Å². The molecule has 3 heterocycles. The molecule has 0 bridgehead atoms. The second-order valence-electron chi connectivity index (χ2n) is 4.74. The number of carboxylic acid groups (broad SMARTS) is 1. The molecule has 5 heteroatoms. The highest BCUT2D eigenvalue weighted by atomic mass is 16.4. The van der Waals surface area contributed by atoms with Crippen molar-refractivity contribution < 1.29 is 14.7 Å². The van der Waals surface area contributed by atoms with E-state index in [9.17, 15) is 14.7 Å². The van der Waals surface area contributed by atoms with Crippen LogP contribution in [0.25, 0.3) is 0 Å². The summed E-state index contributed by atoms with van der Waals surface area (Å²) in [6.45, 7) is 0.702. The van der Waals surface area contributed by atoms with Gasteiger partial charge in [0.05, 0.1) is 17.3 Å². The van der Waals surface area contributed by atoms with Gasteiger partial charge in [-0.15, -0.1) is 0 Å². The molecule has 0 saturated carbocycles. The lowest BCUT2D eigenvalue weighted by molar-refractivity contribution is -0.139. The molecule has 19 heavy (non-hydrogen) atoms. The van der Waals surface area contributed by atoms with Crippen molar-refractivity contribution in [3.05, 3.63) is 47.5 Å². The van der Waals surface area contributed by atoms with Gasteiger partial charge in [0.2, 0.25) is 5.78 Å². The van der Waals surface area contributed by atoms with Gasteiger partial charge in [0.1, 0.15) is 0 Å². The van der Waals surface area contributed by atoms with E-state index in [1.807, 2.05) is 4.57 Å². The predicted octanol–water partition coefficient (Wildman–Crippen LogP) is 2.01.